The summed E-state index contributed by atoms with van der Waals surface area (Å²) in [6.45, 7) is 0.430. The lowest BCUT2D eigenvalue weighted by molar-refractivity contribution is -0.110. The average molecular weight is 474 g/mol. The minimum atomic E-state index is -3.60. The maximum atomic E-state index is 13.3. The van der Waals surface area contributed by atoms with Crippen LogP contribution in [0.2, 0.25) is 5.02 Å². The van der Waals surface area contributed by atoms with E-state index in [2.05, 4.69) is 0 Å². The number of halogens is 1. The second kappa shape index (κ2) is 9.50. The third-order valence-corrected chi connectivity index (χ3v) is 7.87. The van der Waals surface area contributed by atoms with Crippen molar-refractivity contribution in [2.45, 2.75) is 22.8 Å². The van der Waals surface area contributed by atoms with Gasteiger partial charge in [0.15, 0.2) is 21.3 Å². The van der Waals surface area contributed by atoms with Crippen molar-refractivity contribution in [1.29, 1.82) is 0 Å². The first-order valence-corrected chi connectivity index (χ1v) is 12.0. The monoisotopic (exact) mass is 473 g/mol. The van der Waals surface area contributed by atoms with Crippen molar-refractivity contribution in [2.24, 2.45) is 0 Å². The number of sulfone groups is 1. The first-order valence-electron chi connectivity index (χ1n) is 10.1. The lowest BCUT2D eigenvalue weighted by atomic mass is 10.0. The first-order chi connectivity index (χ1) is 15.4. The fourth-order valence-corrected chi connectivity index (χ4v) is 5.71. The van der Waals surface area contributed by atoms with Crippen LogP contribution in [-0.4, -0.2) is 39.5 Å². The minimum Gasteiger partial charge on any atom is -0.493 e. The summed E-state index contributed by atoms with van der Waals surface area (Å²) in [5.41, 5.74) is 1.74. The van der Waals surface area contributed by atoms with E-state index in [0.29, 0.717) is 23.1 Å². The van der Waals surface area contributed by atoms with Gasteiger partial charge in [0.2, 0.25) is 0 Å². The van der Waals surface area contributed by atoms with E-state index in [-0.39, 0.29) is 11.5 Å². The van der Waals surface area contributed by atoms with Crippen molar-refractivity contribution in [3.05, 3.63) is 88.9 Å². The van der Waals surface area contributed by atoms with Crippen molar-refractivity contribution < 1.29 is 22.7 Å². The van der Waals surface area contributed by atoms with Crippen molar-refractivity contribution in [3.63, 3.8) is 0 Å². The minimum absolute atomic E-state index is 0.0789. The first kappa shape index (κ1) is 22.6. The summed E-state index contributed by atoms with van der Waals surface area (Å²) in [5, 5.41) is 1.51. The van der Waals surface area contributed by atoms with E-state index in [1.54, 1.807) is 61.7 Å². The molecule has 0 amide bonds. The summed E-state index contributed by atoms with van der Waals surface area (Å²) < 4.78 is 38.1. The van der Waals surface area contributed by atoms with Crippen LogP contribution in [0, 0.1) is 0 Å². The van der Waals surface area contributed by atoms with Gasteiger partial charge in [0.05, 0.1) is 24.7 Å². The van der Waals surface area contributed by atoms with Gasteiger partial charge < -0.3 is 9.47 Å². The topological polar surface area (TPSA) is 65.1 Å². The average Bonchev–Trinajstić information content (AvgIpc) is 3.21. The normalized spacial score (nSPS) is 19.1. The Balaban J connectivity index is 1.59. The molecule has 6 nitrogen and oxygen atoms in total. The molecule has 1 fully saturated rings. The smallest absolute Gasteiger partial charge is 0.185 e. The van der Waals surface area contributed by atoms with Gasteiger partial charge in [0, 0.05) is 12.1 Å². The fourth-order valence-electron chi connectivity index (χ4n) is 3.79. The van der Waals surface area contributed by atoms with Gasteiger partial charge >= 0.3 is 0 Å². The summed E-state index contributed by atoms with van der Waals surface area (Å²) in [6, 6.07) is 20.8. The van der Waals surface area contributed by atoms with Gasteiger partial charge in [-0.2, -0.15) is 5.06 Å². The molecule has 3 aromatic carbocycles. The van der Waals surface area contributed by atoms with Gasteiger partial charge in [0.1, 0.15) is 11.9 Å². The van der Waals surface area contributed by atoms with Crippen molar-refractivity contribution in [1.82, 2.24) is 5.06 Å². The predicted octanol–water partition coefficient (Wildman–Crippen LogP) is 4.69. The molecule has 32 heavy (non-hydrogen) atoms. The van der Waals surface area contributed by atoms with Crippen LogP contribution in [-0.2, 0) is 21.3 Å². The highest BCUT2D eigenvalue weighted by Crippen LogP contribution is 2.39. The summed E-state index contributed by atoms with van der Waals surface area (Å²) in [4.78, 5) is 5.91. The zero-order valence-electron chi connectivity index (χ0n) is 17.8. The Morgan fingerprint density at radius 2 is 1.75 bits per heavy atom. The maximum absolute atomic E-state index is 13.3. The van der Waals surface area contributed by atoms with Gasteiger partial charge in [0.25, 0.3) is 0 Å². The highest BCUT2D eigenvalue weighted by atomic mass is 35.5. The zero-order chi connectivity index (χ0) is 22.7. The molecule has 0 aromatic heterocycles. The van der Waals surface area contributed by atoms with Gasteiger partial charge in [-0.1, -0.05) is 48.0 Å². The molecule has 0 spiro atoms. The number of hydrogen-bond acceptors (Lipinski definition) is 6. The van der Waals surface area contributed by atoms with Gasteiger partial charge in [-0.3, -0.25) is 4.84 Å². The van der Waals surface area contributed by atoms with Crippen LogP contribution >= 0.6 is 11.6 Å². The van der Waals surface area contributed by atoms with Crippen LogP contribution in [0.25, 0.3) is 0 Å². The maximum Gasteiger partial charge on any atom is 0.185 e. The molecular weight excluding hydrogens is 450 g/mol. The lowest BCUT2D eigenvalue weighted by Gasteiger charge is -2.24. The molecular formula is C24H24ClNO5S. The Hall–Kier alpha value is -2.58. The van der Waals surface area contributed by atoms with Crippen LogP contribution in [0.4, 0.5) is 0 Å². The van der Waals surface area contributed by atoms with E-state index in [4.69, 9.17) is 25.9 Å². The van der Waals surface area contributed by atoms with E-state index in [9.17, 15) is 8.42 Å². The molecule has 4 rings (SSSR count). The van der Waals surface area contributed by atoms with Crippen LogP contribution in [0.1, 0.15) is 17.2 Å². The molecule has 1 heterocycles. The van der Waals surface area contributed by atoms with Crippen LogP contribution in [0.5, 0.6) is 11.5 Å². The molecule has 0 radical (unpaired) electrons. The fraction of sp³-hybridized carbons (Fsp3) is 0.250. The van der Waals surface area contributed by atoms with E-state index >= 15 is 0 Å². The van der Waals surface area contributed by atoms with Gasteiger partial charge in [-0.05, 0) is 47.5 Å². The number of ether oxygens (including phenoxy) is 2. The van der Waals surface area contributed by atoms with Crippen molar-refractivity contribution in [2.75, 3.05) is 20.8 Å². The Morgan fingerprint density at radius 1 is 1.03 bits per heavy atom. The molecule has 0 N–H and O–H groups in total. The molecule has 8 heteroatoms. The molecule has 0 saturated carbocycles. The summed E-state index contributed by atoms with van der Waals surface area (Å²) >= 11 is 5.93. The standard InChI is InChI=1S/C24H24ClNO5S/c1-26-24(23(16-31-26)32(27,28)20-6-4-3-5-7-20)18-10-13-21(22(14-18)29-2)30-15-17-8-11-19(25)12-9-17/h3-14,23-24H,15-16H2,1-2H3/t23-,24+/m0/s1. The second-order valence-electron chi connectivity index (χ2n) is 7.51. The Bertz CT molecular complexity index is 1170. The SMILES string of the molecule is COc1cc([C@@H]2[C@@H](S(=O)(=O)c3ccccc3)CON2C)ccc1OCc1ccc(Cl)cc1. The Labute approximate surface area is 193 Å². The van der Waals surface area contributed by atoms with Crippen LogP contribution < -0.4 is 9.47 Å². The molecule has 0 unspecified atom stereocenters. The van der Waals surface area contributed by atoms with Crippen molar-refractivity contribution in [3.8, 4) is 11.5 Å². The lowest BCUT2D eigenvalue weighted by Crippen LogP contribution is -2.31. The zero-order valence-corrected chi connectivity index (χ0v) is 19.3. The molecule has 2 atom stereocenters. The number of methoxy groups -OCH3 is 1. The molecule has 1 saturated heterocycles. The molecule has 1 aliphatic heterocycles. The molecule has 168 valence electrons. The van der Waals surface area contributed by atoms with Crippen LogP contribution in [0.3, 0.4) is 0 Å². The Morgan fingerprint density at radius 3 is 2.44 bits per heavy atom. The summed E-state index contributed by atoms with van der Waals surface area (Å²) in [7, 11) is -0.302. The van der Waals surface area contributed by atoms with Crippen LogP contribution in [0.15, 0.2) is 77.7 Å². The molecule has 1 aliphatic rings. The largest absolute Gasteiger partial charge is 0.493 e. The van der Waals surface area contributed by atoms with Crippen molar-refractivity contribution >= 4 is 21.4 Å². The van der Waals surface area contributed by atoms with E-state index in [1.165, 1.54) is 0 Å². The number of rotatable bonds is 7. The number of hydrogen-bond donors (Lipinski definition) is 0. The second-order valence-corrected chi connectivity index (χ2v) is 10.1. The third kappa shape index (κ3) is 4.61. The molecule has 3 aromatic rings. The predicted molar refractivity (Wildman–Crippen MR) is 123 cm³/mol. The Kier molecular flexibility index (Phi) is 6.71. The number of benzene rings is 3. The number of nitrogens with zero attached hydrogens (tertiary/aromatic N) is 1. The summed E-state index contributed by atoms with van der Waals surface area (Å²) in [5.74, 6) is 1.09. The third-order valence-electron chi connectivity index (χ3n) is 5.49. The number of hydroxylamine groups is 2. The van der Waals surface area contributed by atoms with E-state index in [1.807, 2.05) is 30.3 Å². The van der Waals surface area contributed by atoms with Gasteiger partial charge in [-0.15, -0.1) is 0 Å². The highest BCUT2D eigenvalue weighted by molar-refractivity contribution is 7.92. The van der Waals surface area contributed by atoms with E-state index < -0.39 is 21.1 Å². The quantitative estimate of drug-likeness (QED) is 0.496. The summed E-state index contributed by atoms with van der Waals surface area (Å²) in [6.07, 6.45) is 0. The molecule has 0 bridgehead atoms. The molecule has 0 aliphatic carbocycles. The van der Waals surface area contributed by atoms with E-state index in [0.717, 1.165) is 11.1 Å². The van der Waals surface area contributed by atoms with Gasteiger partial charge in [-0.25, -0.2) is 8.42 Å². The highest BCUT2D eigenvalue weighted by Gasteiger charge is 2.44.